The first-order chi connectivity index (χ1) is 13.3. The van der Waals surface area contributed by atoms with Crippen molar-refractivity contribution in [3.05, 3.63) is 54.1 Å². The summed E-state index contributed by atoms with van der Waals surface area (Å²) >= 11 is 0. The molecule has 0 radical (unpaired) electrons. The molecule has 0 atom stereocenters. The second-order valence-corrected chi connectivity index (χ2v) is 6.28. The molecule has 148 valence electrons. The summed E-state index contributed by atoms with van der Waals surface area (Å²) in [4.78, 5) is 25.3. The highest BCUT2D eigenvalue weighted by Gasteiger charge is 2.27. The molecule has 0 spiro atoms. The van der Waals surface area contributed by atoms with Crippen LogP contribution in [-0.4, -0.2) is 37.7 Å². The van der Waals surface area contributed by atoms with Gasteiger partial charge in [0.05, 0.1) is 6.54 Å². The number of nitrogens with zero attached hydrogens (tertiary/aromatic N) is 1. The number of amides is 3. The quantitative estimate of drug-likeness (QED) is 0.732. The third kappa shape index (κ3) is 5.15. The molecule has 3 amide bonds. The fourth-order valence-electron chi connectivity index (χ4n) is 2.93. The summed E-state index contributed by atoms with van der Waals surface area (Å²) in [7, 11) is 0. The van der Waals surface area contributed by atoms with Crippen LogP contribution >= 0.6 is 0 Å². The predicted octanol–water partition coefficient (Wildman–Crippen LogP) is 3.18. The number of hydrogen-bond acceptors (Lipinski definition) is 3. The molecule has 0 unspecified atom stereocenters. The van der Waals surface area contributed by atoms with Crippen LogP contribution in [0.5, 0.6) is 0 Å². The minimum absolute atomic E-state index is 0.504. The lowest BCUT2D eigenvalue weighted by Crippen LogP contribution is -2.42. The topological polar surface area (TPSA) is 73.5 Å². The van der Waals surface area contributed by atoms with Crippen molar-refractivity contribution < 1.29 is 22.8 Å². The number of alkyl halides is 3. The van der Waals surface area contributed by atoms with Gasteiger partial charge in [0.2, 0.25) is 5.91 Å². The summed E-state index contributed by atoms with van der Waals surface area (Å²) in [5, 5.41) is 6.42. The van der Waals surface area contributed by atoms with E-state index < -0.39 is 31.2 Å². The molecule has 2 aromatic rings. The molecule has 3 rings (SSSR count). The minimum Gasteiger partial charge on any atom is -0.345 e. The van der Waals surface area contributed by atoms with Crippen molar-refractivity contribution in [1.29, 1.82) is 0 Å². The molecular formula is C19H19F3N4O2. The highest BCUT2D eigenvalue weighted by atomic mass is 19.4. The molecule has 6 nitrogen and oxygen atoms in total. The largest absolute Gasteiger partial charge is 0.405 e. The molecule has 1 aliphatic rings. The van der Waals surface area contributed by atoms with Gasteiger partial charge in [-0.1, -0.05) is 18.2 Å². The first-order valence-corrected chi connectivity index (χ1v) is 8.66. The normalized spacial score (nSPS) is 13.0. The molecule has 0 saturated carbocycles. The zero-order valence-electron chi connectivity index (χ0n) is 14.8. The monoisotopic (exact) mass is 392 g/mol. The lowest BCUT2D eigenvalue weighted by Gasteiger charge is -2.20. The summed E-state index contributed by atoms with van der Waals surface area (Å²) in [6.07, 6.45) is -3.52. The second kappa shape index (κ2) is 8.20. The van der Waals surface area contributed by atoms with Crippen molar-refractivity contribution in [1.82, 2.24) is 10.6 Å². The zero-order chi connectivity index (χ0) is 20.1. The Hall–Kier alpha value is -3.23. The van der Waals surface area contributed by atoms with Gasteiger partial charge in [0, 0.05) is 23.6 Å². The van der Waals surface area contributed by atoms with Crippen LogP contribution in [0.15, 0.2) is 48.5 Å². The van der Waals surface area contributed by atoms with E-state index in [1.165, 1.54) is 5.56 Å². The average molecular weight is 392 g/mol. The Labute approximate surface area is 159 Å². The molecule has 0 aliphatic carbocycles. The van der Waals surface area contributed by atoms with E-state index in [0.29, 0.717) is 5.69 Å². The van der Waals surface area contributed by atoms with Crippen LogP contribution in [0.25, 0.3) is 0 Å². The number of anilines is 3. The van der Waals surface area contributed by atoms with Gasteiger partial charge < -0.3 is 20.9 Å². The maximum absolute atomic E-state index is 12.0. The van der Waals surface area contributed by atoms with Gasteiger partial charge in [-0.25, -0.2) is 4.79 Å². The Bertz CT molecular complexity index is 853. The molecule has 0 fully saturated rings. The molecule has 0 saturated heterocycles. The molecule has 0 aromatic heterocycles. The minimum atomic E-state index is -4.49. The van der Waals surface area contributed by atoms with Gasteiger partial charge in [0.25, 0.3) is 0 Å². The fraction of sp³-hybridized carbons (Fsp3) is 0.263. The number of nitrogens with one attached hydrogen (secondary N) is 3. The third-order valence-electron chi connectivity index (χ3n) is 4.22. The van der Waals surface area contributed by atoms with Crippen LogP contribution in [-0.2, 0) is 11.2 Å². The van der Waals surface area contributed by atoms with Crippen LogP contribution in [0.1, 0.15) is 5.56 Å². The fourth-order valence-corrected chi connectivity index (χ4v) is 2.93. The smallest absolute Gasteiger partial charge is 0.345 e. The van der Waals surface area contributed by atoms with Gasteiger partial charge in [-0.15, -0.1) is 0 Å². The molecular weight excluding hydrogens is 373 g/mol. The van der Waals surface area contributed by atoms with E-state index >= 15 is 0 Å². The zero-order valence-corrected chi connectivity index (χ0v) is 14.8. The Morgan fingerprint density at radius 1 is 1.00 bits per heavy atom. The predicted molar refractivity (Wildman–Crippen MR) is 99.7 cm³/mol. The van der Waals surface area contributed by atoms with Crippen molar-refractivity contribution >= 4 is 29.0 Å². The number of hydrogen-bond donors (Lipinski definition) is 3. The van der Waals surface area contributed by atoms with E-state index in [0.717, 1.165) is 24.3 Å². The highest BCUT2D eigenvalue weighted by molar-refractivity contribution is 5.92. The lowest BCUT2D eigenvalue weighted by molar-refractivity contribution is -0.137. The number of para-hydroxylation sites is 1. The van der Waals surface area contributed by atoms with Crippen LogP contribution in [0.3, 0.4) is 0 Å². The van der Waals surface area contributed by atoms with Crippen molar-refractivity contribution in [3.63, 3.8) is 0 Å². The van der Waals surface area contributed by atoms with E-state index in [1.807, 2.05) is 24.3 Å². The lowest BCUT2D eigenvalue weighted by atomic mass is 10.2. The number of benzene rings is 2. The molecule has 2 aromatic carbocycles. The number of halogens is 3. The number of carbonyl (C=O) groups is 2. The summed E-state index contributed by atoms with van der Waals surface area (Å²) in [5.41, 5.74) is 3.94. The SMILES string of the molecule is O=C(CNC(=O)Nc1ccc(N2CCc3ccccc32)cc1)NCC(F)(F)F. The van der Waals surface area contributed by atoms with Crippen molar-refractivity contribution in [3.8, 4) is 0 Å². The van der Waals surface area contributed by atoms with Crippen LogP contribution in [0.2, 0.25) is 0 Å². The van der Waals surface area contributed by atoms with E-state index in [9.17, 15) is 22.8 Å². The Balaban J connectivity index is 1.49. The van der Waals surface area contributed by atoms with E-state index in [4.69, 9.17) is 0 Å². The summed E-state index contributed by atoms with van der Waals surface area (Å²) in [5.74, 6) is -0.921. The van der Waals surface area contributed by atoms with E-state index in [1.54, 1.807) is 17.4 Å². The van der Waals surface area contributed by atoms with Gasteiger partial charge >= 0.3 is 12.2 Å². The van der Waals surface area contributed by atoms with Gasteiger partial charge in [-0.05, 0) is 42.3 Å². The standard InChI is InChI=1S/C19H19F3N4O2/c20-19(21,22)12-24-17(27)11-23-18(28)25-14-5-7-15(8-6-14)26-10-9-13-3-1-2-4-16(13)26/h1-8H,9-12H2,(H,24,27)(H2,23,25,28). The Morgan fingerprint density at radius 3 is 2.43 bits per heavy atom. The molecule has 0 bridgehead atoms. The number of carbonyl (C=O) groups excluding carboxylic acids is 2. The van der Waals surface area contributed by atoms with Gasteiger partial charge in [0.1, 0.15) is 6.54 Å². The van der Waals surface area contributed by atoms with Crippen molar-refractivity contribution in [2.75, 3.05) is 29.9 Å². The van der Waals surface area contributed by atoms with Crippen LogP contribution in [0.4, 0.5) is 35.0 Å². The maximum atomic E-state index is 12.0. The van der Waals surface area contributed by atoms with Crippen LogP contribution in [0, 0.1) is 0 Å². The third-order valence-corrected chi connectivity index (χ3v) is 4.22. The van der Waals surface area contributed by atoms with E-state index in [2.05, 4.69) is 27.7 Å². The second-order valence-electron chi connectivity index (χ2n) is 6.28. The van der Waals surface area contributed by atoms with Gasteiger partial charge in [0.15, 0.2) is 0 Å². The number of rotatable bonds is 5. The summed E-state index contributed by atoms with van der Waals surface area (Å²) in [6.45, 7) is -1.11. The maximum Gasteiger partial charge on any atom is 0.405 e. The van der Waals surface area contributed by atoms with Crippen LogP contribution < -0.4 is 20.9 Å². The molecule has 9 heteroatoms. The molecule has 28 heavy (non-hydrogen) atoms. The number of fused-ring (bicyclic) bond motifs is 1. The van der Waals surface area contributed by atoms with Gasteiger partial charge in [-0.2, -0.15) is 13.2 Å². The average Bonchev–Trinajstić information content (AvgIpc) is 3.09. The first kappa shape index (κ1) is 19.5. The first-order valence-electron chi connectivity index (χ1n) is 8.66. The van der Waals surface area contributed by atoms with Crippen molar-refractivity contribution in [2.45, 2.75) is 12.6 Å². The molecule has 1 heterocycles. The Kier molecular flexibility index (Phi) is 5.72. The number of urea groups is 1. The highest BCUT2D eigenvalue weighted by Crippen LogP contribution is 2.34. The summed E-state index contributed by atoms with van der Waals surface area (Å²) in [6, 6.07) is 14.7. The summed E-state index contributed by atoms with van der Waals surface area (Å²) < 4.78 is 36.0. The van der Waals surface area contributed by atoms with Crippen molar-refractivity contribution in [2.24, 2.45) is 0 Å². The van der Waals surface area contributed by atoms with Gasteiger partial charge in [-0.3, -0.25) is 4.79 Å². The molecule has 1 aliphatic heterocycles. The van der Waals surface area contributed by atoms with E-state index in [-0.39, 0.29) is 0 Å². The molecule has 3 N–H and O–H groups in total. The Morgan fingerprint density at radius 2 is 1.71 bits per heavy atom.